The molecule has 0 spiro atoms. The first-order chi connectivity index (χ1) is 10.6. The molecule has 2 fully saturated rings. The first-order valence-corrected chi connectivity index (χ1v) is 8.78. The van der Waals surface area contributed by atoms with Gasteiger partial charge in [0.2, 0.25) is 5.91 Å². The molecule has 3 rings (SSSR count). The molecule has 23 heavy (non-hydrogen) atoms. The van der Waals surface area contributed by atoms with Crippen LogP contribution in [0.3, 0.4) is 0 Å². The normalized spacial score (nSPS) is 27.1. The van der Waals surface area contributed by atoms with Crippen molar-refractivity contribution in [3.8, 4) is 0 Å². The van der Waals surface area contributed by atoms with E-state index in [1.165, 1.54) is 36.8 Å². The fourth-order valence-electron chi connectivity index (χ4n) is 4.03. The van der Waals surface area contributed by atoms with Crippen LogP contribution >= 0.6 is 12.4 Å². The van der Waals surface area contributed by atoms with Crippen molar-refractivity contribution < 1.29 is 4.79 Å². The molecule has 3 nitrogen and oxygen atoms in total. The first-order valence-electron chi connectivity index (χ1n) is 8.78. The maximum Gasteiger partial charge on any atom is 0.220 e. The van der Waals surface area contributed by atoms with Gasteiger partial charge >= 0.3 is 0 Å². The molecule has 1 amide bonds. The van der Waals surface area contributed by atoms with Gasteiger partial charge in [-0.05, 0) is 56.1 Å². The minimum atomic E-state index is 0. The molecule has 3 unspecified atom stereocenters. The Bertz CT molecular complexity index is 505. The molecule has 1 aromatic carbocycles. The van der Waals surface area contributed by atoms with Gasteiger partial charge in [0.1, 0.15) is 0 Å². The Kier molecular flexibility index (Phi) is 6.49. The fraction of sp³-hybridized carbons (Fsp3) is 0.632. The summed E-state index contributed by atoms with van der Waals surface area (Å²) < 4.78 is 0. The van der Waals surface area contributed by atoms with Crippen molar-refractivity contribution in [2.24, 2.45) is 5.92 Å². The lowest BCUT2D eigenvalue weighted by molar-refractivity contribution is -0.122. The van der Waals surface area contributed by atoms with Crippen LogP contribution in [0.2, 0.25) is 0 Å². The smallest absolute Gasteiger partial charge is 0.220 e. The molecule has 0 aliphatic carbocycles. The average molecular weight is 337 g/mol. The number of amides is 1. The number of nitrogens with one attached hydrogen (secondary N) is 2. The van der Waals surface area contributed by atoms with E-state index >= 15 is 0 Å². The number of hydrogen-bond acceptors (Lipinski definition) is 2. The number of halogens is 1. The topological polar surface area (TPSA) is 41.1 Å². The summed E-state index contributed by atoms with van der Waals surface area (Å²) in [5.74, 6) is 0.770. The van der Waals surface area contributed by atoms with E-state index in [1.807, 2.05) is 0 Å². The average Bonchev–Trinajstić information content (AvgIpc) is 2.86. The predicted octanol–water partition coefficient (Wildman–Crippen LogP) is 3.77. The van der Waals surface area contributed by atoms with Crippen molar-refractivity contribution in [2.75, 3.05) is 0 Å². The third kappa shape index (κ3) is 4.71. The number of carbonyl (C=O) groups is 1. The summed E-state index contributed by atoms with van der Waals surface area (Å²) in [5, 5.41) is 6.81. The number of aryl methyl sites for hydroxylation is 1. The van der Waals surface area contributed by atoms with Crippen LogP contribution in [0.25, 0.3) is 0 Å². The molecule has 3 atom stereocenters. The number of carbonyl (C=O) groups excluding carboxylic acids is 1. The molecule has 2 N–H and O–H groups in total. The number of hydrogen-bond donors (Lipinski definition) is 2. The van der Waals surface area contributed by atoms with E-state index in [-0.39, 0.29) is 24.4 Å². The van der Waals surface area contributed by atoms with Gasteiger partial charge in [-0.1, -0.05) is 31.2 Å². The SMILES string of the molecule is CCc1ccc(C(C)NC(=O)CC2CC3CCC(C2)N3)cc1.Cl. The molecule has 1 aromatic rings. The quantitative estimate of drug-likeness (QED) is 0.859. The molecule has 2 saturated heterocycles. The van der Waals surface area contributed by atoms with Crippen molar-refractivity contribution in [1.82, 2.24) is 10.6 Å². The van der Waals surface area contributed by atoms with Crippen LogP contribution in [0.5, 0.6) is 0 Å². The molecular formula is C19H29ClN2O. The molecule has 4 heteroatoms. The molecule has 0 saturated carbocycles. The minimum Gasteiger partial charge on any atom is -0.350 e. The second-order valence-electron chi connectivity index (χ2n) is 7.06. The zero-order chi connectivity index (χ0) is 15.5. The number of fused-ring (bicyclic) bond motifs is 2. The highest BCUT2D eigenvalue weighted by atomic mass is 35.5. The van der Waals surface area contributed by atoms with E-state index in [4.69, 9.17) is 0 Å². The highest BCUT2D eigenvalue weighted by Gasteiger charge is 2.34. The van der Waals surface area contributed by atoms with E-state index in [0.29, 0.717) is 24.4 Å². The van der Waals surface area contributed by atoms with Crippen molar-refractivity contribution in [3.63, 3.8) is 0 Å². The van der Waals surface area contributed by atoms with E-state index in [9.17, 15) is 4.79 Å². The Morgan fingerprint density at radius 2 is 1.83 bits per heavy atom. The molecule has 0 radical (unpaired) electrons. The Balaban J connectivity index is 0.00000192. The van der Waals surface area contributed by atoms with Gasteiger partial charge in [-0.2, -0.15) is 0 Å². The van der Waals surface area contributed by atoms with Crippen molar-refractivity contribution in [1.29, 1.82) is 0 Å². The zero-order valence-electron chi connectivity index (χ0n) is 14.2. The monoisotopic (exact) mass is 336 g/mol. The second-order valence-corrected chi connectivity index (χ2v) is 7.06. The molecule has 2 aliphatic rings. The summed E-state index contributed by atoms with van der Waals surface area (Å²) in [4.78, 5) is 12.3. The summed E-state index contributed by atoms with van der Waals surface area (Å²) in [6.45, 7) is 4.23. The van der Waals surface area contributed by atoms with Crippen molar-refractivity contribution in [2.45, 2.75) is 70.5 Å². The first kappa shape index (κ1) is 18.3. The predicted molar refractivity (Wildman–Crippen MR) is 96.9 cm³/mol. The molecular weight excluding hydrogens is 308 g/mol. The maximum absolute atomic E-state index is 12.3. The zero-order valence-corrected chi connectivity index (χ0v) is 15.0. The number of rotatable bonds is 5. The van der Waals surface area contributed by atoms with Crippen molar-refractivity contribution in [3.05, 3.63) is 35.4 Å². The third-order valence-electron chi connectivity index (χ3n) is 5.31. The maximum atomic E-state index is 12.3. The van der Waals surface area contributed by atoms with E-state index in [2.05, 4.69) is 48.7 Å². The lowest BCUT2D eigenvalue weighted by Crippen LogP contribution is -2.40. The molecule has 2 bridgehead atoms. The van der Waals surface area contributed by atoms with Crippen LogP contribution in [0.1, 0.15) is 63.1 Å². The minimum absolute atomic E-state index is 0. The summed E-state index contributed by atoms with van der Waals surface area (Å²) >= 11 is 0. The van der Waals surface area contributed by atoms with Gasteiger partial charge in [0.05, 0.1) is 6.04 Å². The van der Waals surface area contributed by atoms with E-state index in [1.54, 1.807) is 0 Å². The second kappa shape index (κ2) is 8.16. The van der Waals surface area contributed by atoms with Crippen molar-refractivity contribution >= 4 is 18.3 Å². The fourth-order valence-corrected chi connectivity index (χ4v) is 4.03. The summed E-state index contributed by atoms with van der Waals surface area (Å²) in [5.41, 5.74) is 2.53. The lowest BCUT2D eigenvalue weighted by atomic mass is 9.89. The summed E-state index contributed by atoms with van der Waals surface area (Å²) in [7, 11) is 0. The highest BCUT2D eigenvalue weighted by Crippen LogP contribution is 2.32. The third-order valence-corrected chi connectivity index (χ3v) is 5.31. The van der Waals surface area contributed by atoms with Gasteiger partial charge in [0, 0.05) is 18.5 Å². The standard InChI is InChI=1S/C19H28N2O.ClH/c1-3-14-4-6-16(7-5-14)13(2)20-19(22)12-15-10-17-8-9-18(11-15)21-17;/h4-7,13,15,17-18,21H,3,8-12H2,1-2H3,(H,20,22);1H. The number of benzene rings is 1. The van der Waals surface area contributed by atoms with Gasteiger partial charge in [-0.3, -0.25) is 4.79 Å². The molecule has 0 aromatic heterocycles. The molecule has 2 aliphatic heterocycles. The van der Waals surface area contributed by atoms with Gasteiger partial charge < -0.3 is 10.6 Å². The van der Waals surface area contributed by atoms with Crippen LogP contribution in [0, 0.1) is 5.92 Å². The Morgan fingerprint density at radius 1 is 1.22 bits per heavy atom. The Morgan fingerprint density at radius 3 is 2.39 bits per heavy atom. The van der Waals surface area contributed by atoms with Gasteiger partial charge in [0.25, 0.3) is 0 Å². The van der Waals surface area contributed by atoms with E-state index < -0.39 is 0 Å². The highest BCUT2D eigenvalue weighted by molar-refractivity contribution is 5.85. The van der Waals surface area contributed by atoms with Crippen LogP contribution in [0.4, 0.5) is 0 Å². The van der Waals surface area contributed by atoms with Gasteiger partial charge in [-0.25, -0.2) is 0 Å². The number of piperidine rings is 1. The van der Waals surface area contributed by atoms with Gasteiger partial charge in [0.15, 0.2) is 0 Å². The Labute approximate surface area is 146 Å². The van der Waals surface area contributed by atoms with Gasteiger partial charge in [-0.15, -0.1) is 12.4 Å². The molecule has 2 heterocycles. The van der Waals surface area contributed by atoms with E-state index in [0.717, 1.165) is 6.42 Å². The lowest BCUT2D eigenvalue weighted by Gasteiger charge is -2.29. The summed E-state index contributed by atoms with van der Waals surface area (Å²) in [6, 6.07) is 10.00. The summed E-state index contributed by atoms with van der Waals surface area (Å²) in [6.07, 6.45) is 6.67. The largest absolute Gasteiger partial charge is 0.350 e. The van der Waals surface area contributed by atoms with Crippen LogP contribution in [0.15, 0.2) is 24.3 Å². The van der Waals surface area contributed by atoms with Crippen LogP contribution < -0.4 is 10.6 Å². The van der Waals surface area contributed by atoms with Crippen LogP contribution in [-0.2, 0) is 11.2 Å². The molecule has 128 valence electrons. The van der Waals surface area contributed by atoms with Crippen LogP contribution in [-0.4, -0.2) is 18.0 Å². The Hall–Kier alpha value is -1.06.